The van der Waals surface area contributed by atoms with E-state index in [4.69, 9.17) is 10.8 Å². The van der Waals surface area contributed by atoms with Crippen molar-refractivity contribution in [2.24, 2.45) is 11.1 Å². The van der Waals surface area contributed by atoms with Crippen LogP contribution in [0, 0.1) is 12.0 Å². The summed E-state index contributed by atoms with van der Waals surface area (Å²) in [7, 11) is 0. The van der Waals surface area contributed by atoms with Crippen molar-refractivity contribution in [2.75, 3.05) is 13.1 Å². The van der Waals surface area contributed by atoms with E-state index < -0.39 is 6.04 Å². The molecule has 0 unspecified atom stereocenters. The number of hydrogen-bond donors (Lipinski definition) is 3. The molecule has 1 aliphatic rings. The molecule has 0 bridgehead atoms. The number of benzene rings is 1. The lowest BCUT2D eigenvalue weighted by atomic mass is 9.70. The molecule has 1 aliphatic heterocycles. The average molecular weight is 303 g/mol. The van der Waals surface area contributed by atoms with E-state index in [0.29, 0.717) is 19.4 Å². The van der Waals surface area contributed by atoms with Crippen LogP contribution in [0.4, 0.5) is 0 Å². The zero-order valence-corrected chi connectivity index (χ0v) is 13.1. The minimum absolute atomic E-state index is 0.168. The molecule has 0 amide bonds. The van der Waals surface area contributed by atoms with Gasteiger partial charge in [-0.05, 0) is 50.6 Å². The van der Waals surface area contributed by atoms with E-state index in [1.54, 1.807) is 0 Å². The molecule has 0 aliphatic carbocycles. The van der Waals surface area contributed by atoms with Crippen molar-refractivity contribution in [2.45, 2.75) is 44.6 Å². The molecular weight excluding hydrogens is 276 g/mol. The molecule has 0 spiro atoms. The van der Waals surface area contributed by atoms with Crippen LogP contribution in [-0.2, 0) is 11.2 Å². The van der Waals surface area contributed by atoms with Crippen molar-refractivity contribution in [1.29, 1.82) is 0 Å². The fourth-order valence-electron chi connectivity index (χ4n) is 3.40. The highest BCUT2D eigenvalue weighted by atomic mass is 16.2. The molecule has 1 radical (unpaired) electrons. The van der Waals surface area contributed by atoms with Crippen LogP contribution in [0.1, 0.15) is 37.7 Å². The highest BCUT2D eigenvalue weighted by Gasteiger charge is 2.41. The van der Waals surface area contributed by atoms with Crippen molar-refractivity contribution in [3.63, 3.8) is 0 Å². The van der Waals surface area contributed by atoms with Crippen LogP contribution in [0.15, 0.2) is 30.3 Å². The SMILES string of the molecule is N[C@@H](Cc1ccccc1)C(=O)[C@]1(CCC[CH]O)CCCNC1. The molecule has 0 aromatic heterocycles. The number of aliphatic hydroxyl groups is 1. The molecule has 22 heavy (non-hydrogen) atoms. The van der Waals surface area contributed by atoms with Crippen molar-refractivity contribution < 1.29 is 9.90 Å². The van der Waals surface area contributed by atoms with E-state index in [9.17, 15) is 4.79 Å². The van der Waals surface area contributed by atoms with Gasteiger partial charge in [-0.2, -0.15) is 0 Å². The third-order valence-electron chi connectivity index (χ3n) is 4.62. The second kappa shape index (κ2) is 8.42. The Morgan fingerprint density at radius 1 is 1.41 bits per heavy atom. The number of rotatable bonds is 8. The zero-order valence-electron chi connectivity index (χ0n) is 13.1. The maximum Gasteiger partial charge on any atom is 0.157 e. The summed E-state index contributed by atoms with van der Waals surface area (Å²) < 4.78 is 0. The van der Waals surface area contributed by atoms with Crippen LogP contribution in [0.25, 0.3) is 0 Å². The predicted molar refractivity (Wildman–Crippen MR) is 87.8 cm³/mol. The van der Waals surface area contributed by atoms with Gasteiger partial charge in [0.25, 0.3) is 0 Å². The third kappa shape index (κ3) is 4.38. The molecule has 0 saturated carbocycles. The van der Waals surface area contributed by atoms with Crippen LogP contribution in [0.3, 0.4) is 0 Å². The first-order valence-corrected chi connectivity index (χ1v) is 8.18. The Labute approximate surface area is 133 Å². The number of piperidine rings is 1. The molecular formula is C18H27N2O2. The number of carbonyl (C=O) groups excluding carboxylic acids is 1. The number of hydrogen-bond acceptors (Lipinski definition) is 4. The summed E-state index contributed by atoms with van der Waals surface area (Å²) in [5.74, 6) is 0.168. The summed E-state index contributed by atoms with van der Waals surface area (Å²) in [5.41, 5.74) is 6.97. The Hall–Kier alpha value is -1.23. The summed E-state index contributed by atoms with van der Waals surface area (Å²) in [4.78, 5) is 13.0. The summed E-state index contributed by atoms with van der Waals surface area (Å²) >= 11 is 0. The molecule has 121 valence electrons. The molecule has 2 rings (SSSR count). The number of aliphatic hydroxyl groups excluding tert-OH is 1. The summed E-state index contributed by atoms with van der Waals surface area (Å²) in [5, 5.41) is 12.2. The molecule has 4 N–H and O–H groups in total. The van der Waals surface area contributed by atoms with E-state index in [2.05, 4.69) is 5.32 Å². The summed E-state index contributed by atoms with van der Waals surface area (Å²) in [6.45, 7) is 2.85. The van der Waals surface area contributed by atoms with Gasteiger partial charge in [-0.3, -0.25) is 4.79 Å². The first-order valence-electron chi connectivity index (χ1n) is 8.18. The van der Waals surface area contributed by atoms with E-state index in [1.165, 1.54) is 6.61 Å². The van der Waals surface area contributed by atoms with Crippen LogP contribution in [-0.4, -0.2) is 30.0 Å². The second-order valence-corrected chi connectivity index (χ2v) is 6.30. The molecule has 2 atom stereocenters. The molecule has 1 aromatic rings. The standard InChI is InChI=1S/C18H27N2O2/c19-16(13-15-7-2-1-3-8-15)17(22)18(9-4-5-12-21)10-6-11-20-14-18/h1-3,7-8,12,16,20-21H,4-6,9-11,13-14,19H2/t16-,18+/m0/s1. The monoisotopic (exact) mass is 303 g/mol. The number of nitrogens with two attached hydrogens (primary N) is 1. The van der Waals surface area contributed by atoms with Crippen molar-refractivity contribution in [3.05, 3.63) is 42.5 Å². The quantitative estimate of drug-likeness (QED) is 0.644. The number of Topliss-reactive ketones (excluding diaryl/α,β-unsaturated/α-hetero) is 1. The van der Waals surface area contributed by atoms with E-state index in [0.717, 1.165) is 37.8 Å². The van der Waals surface area contributed by atoms with Crippen LogP contribution in [0.2, 0.25) is 0 Å². The van der Waals surface area contributed by atoms with Gasteiger partial charge in [0, 0.05) is 12.0 Å². The summed E-state index contributed by atoms with van der Waals surface area (Å²) in [6.07, 6.45) is 4.73. The maximum atomic E-state index is 13.0. The van der Waals surface area contributed by atoms with E-state index >= 15 is 0 Å². The molecule has 1 heterocycles. The van der Waals surface area contributed by atoms with Crippen LogP contribution >= 0.6 is 0 Å². The maximum absolute atomic E-state index is 13.0. The Morgan fingerprint density at radius 2 is 2.18 bits per heavy atom. The number of nitrogens with one attached hydrogen (secondary N) is 1. The van der Waals surface area contributed by atoms with Gasteiger partial charge in [-0.15, -0.1) is 0 Å². The first-order chi connectivity index (χ1) is 10.7. The van der Waals surface area contributed by atoms with Gasteiger partial charge in [0.05, 0.1) is 12.6 Å². The van der Waals surface area contributed by atoms with Crippen LogP contribution < -0.4 is 11.1 Å². The number of ketones is 1. The van der Waals surface area contributed by atoms with Gasteiger partial charge in [-0.25, -0.2) is 0 Å². The molecule has 1 fully saturated rings. The molecule has 1 saturated heterocycles. The molecule has 1 aromatic carbocycles. The lowest BCUT2D eigenvalue weighted by Gasteiger charge is -2.38. The van der Waals surface area contributed by atoms with Gasteiger partial charge in [0.1, 0.15) is 0 Å². The Morgan fingerprint density at radius 3 is 2.82 bits per heavy atom. The number of unbranched alkanes of at least 4 members (excludes halogenated alkanes) is 1. The Balaban J connectivity index is 2.03. The van der Waals surface area contributed by atoms with Gasteiger partial charge in [0.15, 0.2) is 5.78 Å². The minimum atomic E-state index is -0.458. The topological polar surface area (TPSA) is 75.4 Å². The minimum Gasteiger partial charge on any atom is -0.390 e. The normalized spacial score (nSPS) is 23.2. The fourth-order valence-corrected chi connectivity index (χ4v) is 3.40. The number of carbonyl (C=O) groups is 1. The van der Waals surface area contributed by atoms with Gasteiger partial charge < -0.3 is 16.2 Å². The average Bonchev–Trinajstić information content (AvgIpc) is 2.56. The lowest BCUT2D eigenvalue weighted by Crippen LogP contribution is -2.52. The second-order valence-electron chi connectivity index (χ2n) is 6.30. The van der Waals surface area contributed by atoms with E-state index in [1.807, 2.05) is 30.3 Å². The zero-order chi connectivity index (χ0) is 15.8. The van der Waals surface area contributed by atoms with Crippen LogP contribution in [0.5, 0.6) is 0 Å². The summed E-state index contributed by atoms with van der Waals surface area (Å²) in [6, 6.07) is 9.48. The highest BCUT2D eigenvalue weighted by Crippen LogP contribution is 2.34. The molecule has 4 nitrogen and oxygen atoms in total. The van der Waals surface area contributed by atoms with Crippen molar-refractivity contribution in [1.82, 2.24) is 5.32 Å². The lowest BCUT2D eigenvalue weighted by molar-refractivity contribution is -0.131. The van der Waals surface area contributed by atoms with Crippen molar-refractivity contribution in [3.8, 4) is 0 Å². The molecule has 4 heteroatoms. The largest absolute Gasteiger partial charge is 0.390 e. The van der Waals surface area contributed by atoms with E-state index in [-0.39, 0.29) is 11.2 Å². The smallest absolute Gasteiger partial charge is 0.157 e. The fraction of sp³-hybridized carbons (Fsp3) is 0.556. The Kier molecular flexibility index (Phi) is 6.55. The third-order valence-corrected chi connectivity index (χ3v) is 4.62. The highest BCUT2D eigenvalue weighted by molar-refractivity contribution is 5.90. The van der Waals surface area contributed by atoms with Gasteiger partial charge in [0.2, 0.25) is 0 Å². The predicted octanol–water partition coefficient (Wildman–Crippen LogP) is 2.20. The Bertz CT molecular complexity index is 455. The van der Waals surface area contributed by atoms with Gasteiger partial charge in [-0.1, -0.05) is 30.3 Å². The first kappa shape index (κ1) is 17.1. The van der Waals surface area contributed by atoms with Crippen molar-refractivity contribution >= 4 is 5.78 Å². The van der Waals surface area contributed by atoms with Gasteiger partial charge >= 0.3 is 0 Å².